The molecule has 1 saturated heterocycles. The van der Waals surface area contributed by atoms with E-state index in [9.17, 15) is 4.79 Å². The third-order valence-corrected chi connectivity index (χ3v) is 4.08. The molecular weight excluding hydrogens is 250 g/mol. The van der Waals surface area contributed by atoms with Crippen LogP contribution in [0, 0.1) is 6.92 Å². The van der Waals surface area contributed by atoms with Crippen molar-refractivity contribution >= 4 is 11.6 Å². The summed E-state index contributed by atoms with van der Waals surface area (Å²) in [4.78, 5) is 14.7. The number of carbonyl (C=O) groups excluding carboxylic acids is 1. The maximum Gasteiger partial charge on any atom is 0.251 e. The highest BCUT2D eigenvalue weighted by Crippen LogP contribution is 2.15. The Kier molecular flexibility index (Phi) is 5.01. The van der Waals surface area contributed by atoms with Crippen molar-refractivity contribution in [3.8, 4) is 0 Å². The van der Waals surface area contributed by atoms with Crippen LogP contribution in [0.25, 0.3) is 0 Å². The van der Waals surface area contributed by atoms with E-state index >= 15 is 0 Å². The van der Waals surface area contributed by atoms with E-state index < -0.39 is 0 Å². The van der Waals surface area contributed by atoms with Crippen LogP contribution in [0.2, 0.25) is 0 Å². The maximum absolute atomic E-state index is 12.2. The molecule has 4 nitrogen and oxygen atoms in total. The molecule has 1 unspecified atom stereocenters. The van der Waals surface area contributed by atoms with Gasteiger partial charge >= 0.3 is 0 Å². The van der Waals surface area contributed by atoms with Gasteiger partial charge in [0.1, 0.15) is 0 Å². The highest BCUT2D eigenvalue weighted by atomic mass is 16.1. The third kappa shape index (κ3) is 3.51. The zero-order valence-corrected chi connectivity index (χ0v) is 12.7. The fourth-order valence-electron chi connectivity index (χ4n) is 2.72. The number of benzene rings is 1. The normalized spacial score (nSPS) is 16.9. The zero-order valence-electron chi connectivity index (χ0n) is 12.7. The van der Waals surface area contributed by atoms with Crippen LogP contribution in [0.4, 0.5) is 5.69 Å². The Bertz CT molecular complexity index is 467. The van der Waals surface area contributed by atoms with Gasteiger partial charge in [-0.3, -0.25) is 9.69 Å². The SMILES string of the molecule is CNc1ccc(C(=O)NCC(C)N2CCCC2)c(C)c1. The summed E-state index contributed by atoms with van der Waals surface area (Å²) in [5.74, 6) is 0.0243. The smallest absolute Gasteiger partial charge is 0.251 e. The van der Waals surface area contributed by atoms with E-state index in [1.54, 1.807) is 0 Å². The summed E-state index contributed by atoms with van der Waals surface area (Å²) < 4.78 is 0. The number of anilines is 1. The molecule has 0 radical (unpaired) electrons. The number of hydrogen-bond acceptors (Lipinski definition) is 3. The van der Waals surface area contributed by atoms with Crippen LogP contribution < -0.4 is 10.6 Å². The number of carbonyl (C=O) groups is 1. The van der Waals surface area contributed by atoms with Crippen molar-refractivity contribution in [1.82, 2.24) is 10.2 Å². The Balaban J connectivity index is 1.91. The quantitative estimate of drug-likeness (QED) is 0.866. The van der Waals surface area contributed by atoms with Gasteiger partial charge in [-0.15, -0.1) is 0 Å². The summed E-state index contributed by atoms with van der Waals surface area (Å²) >= 11 is 0. The molecule has 1 fully saturated rings. The lowest BCUT2D eigenvalue weighted by molar-refractivity contribution is 0.0940. The number of hydrogen-bond donors (Lipinski definition) is 2. The Morgan fingerprint density at radius 3 is 2.65 bits per heavy atom. The molecule has 2 rings (SSSR count). The van der Waals surface area contributed by atoms with Crippen LogP contribution in [-0.4, -0.2) is 43.5 Å². The Morgan fingerprint density at radius 2 is 2.05 bits per heavy atom. The molecule has 1 aliphatic heterocycles. The van der Waals surface area contributed by atoms with Crippen LogP contribution in [-0.2, 0) is 0 Å². The van der Waals surface area contributed by atoms with Crippen LogP contribution in [0.5, 0.6) is 0 Å². The van der Waals surface area contributed by atoms with Crippen LogP contribution in [0.3, 0.4) is 0 Å². The molecule has 1 aromatic carbocycles. The first-order chi connectivity index (χ1) is 9.61. The Hall–Kier alpha value is -1.55. The van der Waals surface area contributed by atoms with Crippen molar-refractivity contribution in [2.24, 2.45) is 0 Å². The van der Waals surface area contributed by atoms with Gasteiger partial charge in [-0.25, -0.2) is 0 Å². The molecule has 20 heavy (non-hydrogen) atoms. The van der Waals surface area contributed by atoms with E-state index in [-0.39, 0.29) is 5.91 Å². The Labute approximate surface area is 121 Å². The second-order valence-electron chi connectivity index (χ2n) is 5.58. The van der Waals surface area contributed by atoms with Crippen LogP contribution in [0.1, 0.15) is 35.7 Å². The summed E-state index contributed by atoms with van der Waals surface area (Å²) in [6, 6.07) is 6.24. The van der Waals surface area contributed by atoms with Crippen molar-refractivity contribution in [2.75, 3.05) is 32.0 Å². The molecule has 0 saturated carbocycles. The molecule has 1 amide bonds. The van der Waals surface area contributed by atoms with Gasteiger partial charge in [0, 0.05) is 30.9 Å². The fourth-order valence-corrected chi connectivity index (χ4v) is 2.72. The second kappa shape index (κ2) is 6.75. The standard InChI is InChI=1S/C16H25N3O/c1-12-10-14(17-3)6-7-15(12)16(20)18-11-13(2)19-8-4-5-9-19/h6-7,10,13,17H,4-5,8-9,11H2,1-3H3,(H,18,20). The minimum Gasteiger partial charge on any atom is -0.388 e. The molecular formula is C16H25N3O. The van der Waals surface area contributed by atoms with Crippen LogP contribution in [0.15, 0.2) is 18.2 Å². The second-order valence-corrected chi connectivity index (χ2v) is 5.58. The summed E-state index contributed by atoms with van der Waals surface area (Å²) in [6.07, 6.45) is 2.56. The number of rotatable bonds is 5. The zero-order chi connectivity index (χ0) is 14.5. The molecule has 0 spiro atoms. The number of amides is 1. The first kappa shape index (κ1) is 14.9. The largest absolute Gasteiger partial charge is 0.388 e. The lowest BCUT2D eigenvalue weighted by atomic mass is 10.1. The predicted octanol–water partition coefficient (Wildman–Crippen LogP) is 2.25. The molecule has 2 N–H and O–H groups in total. The van der Waals surface area contributed by atoms with Crippen LogP contribution >= 0.6 is 0 Å². The first-order valence-electron chi connectivity index (χ1n) is 7.42. The fraction of sp³-hybridized carbons (Fsp3) is 0.562. The summed E-state index contributed by atoms with van der Waals surface area (Å²) in [5, 5.41) is 6.14. The van der Waals surface area contributed by atoms with Crippen molar-refractivity contribution in [3.05, 3.63) is 29.3 Å². The number of nitrogens with zero attached hydrogens (tertiary/aromatic N) is 1. The minimum atomic E-state index is 0.0243. The van der Waals surface area contributed by atoms with Gasteiger partial charge in [-0.05, 0) is 63.5 Å². The molecule has 0 bridgehead atoms. The average molecular weight is 275 g/mol. The maximum atomic E-state index is 12.2. The molecule has 1 aromatic rings. The number of nitrogens with one attached hydrogen (secondary N) is 2. The number of aryl methyl sites for hydroxylation is 1. The van der Waals surface area contributed by atoms with Gasteiger partial charge in [0.25, 0.3) is 5.91 Å². The average Bonchev–Trinajstić information content (AvgIpc) is 2.98. The highest BCUT2D eigenvalue weighted by Gasteiger charge is 2.19. The third-order valence-electron chi connectivity index (χ3n) is 4.08. The Morgan fingerprint density at radius 1 is 1.35 bits per heavy atom. The van der Waals surface area contributed by atoms with E-state index in [0.717, 1.165) is 29.9 Å². The van der Waals surface area contributed by atoms with Gasteiger partial charge in [0.05, 0.1) is 0 Å². The van der Waals surface area contributed by atoms with E-state index in [1.165, 1.54) is 12.8 Å². The van der Waals surface area contributed by atoms with Gasteiger partial charge in [-0.1, -0.05) is 0 Å². The van der Waals surface area contributed by atoms with Crippen molar-refractivity contribution in [2.45, 2.75) is 32.7 Å². The highest BCUT2D eigenvalue weighted by molar-refractivity contribution is 5.96. The molecule has 1 heterocycles. The van der Waals surface area contributed by atoms with E-state index in [2.05, 4.69) is 22.5 Å². The lowest BCUT2D eigenvalue weighted by Crippen LogP contribution is -2.40. The monoisotopic (exact) mass is 275 g/mol. The van der Waals surface area contributed by atoms with E-state index in [0.29, 0.717) is 12.6 Å². The number of likely N-dealkylation sites (tertiary alicyclic amines) is 1. The van der Waals surface area contributed by atoms with Gasteiger partial charge in [0.2, 0.25) is 0 Å². The molecule has 110 valence electrons. The van der Waals surface area contributed by atoms with Crippen molar-refractivity contribution in [3.63, 3.8) is 0 Å². The summed E-state index contributed by atoms with van der Waals surface area (Å²) in [6.45, 7) is 7.19. The molecule has 4 heteroatoms. The first-order valence-corrected chi connectivity index (χ1v) is 7.42. The summed E-state index contributed by atoms with van der Waals surface area (Å²) in [5.41, 5.74) is 2.80. The minimum absolute atomic E-state index is 0.0243. The van der Waals surface area contributed by atoms with Crippen molar-refractivity contribution in [1.29, 1.82) is 0 Å². The topological polar surface area (TPSA) is 44.4 Å². The molecule has 0 aliphatic carbocycles. The van der Waals surface area contributed by atoms with E-state index in [1.807, 2.05) is 32.2 Å². The van der Waals surface area contributed by atoms with Crippen molar-refractivity contribution < 1.29 is 4.79 Å². The lowest BCUT2D eigenvalue weighted by Gasteiger charge is -2.24. The van der Waals surface area contributed by atoms with E-state index in [4.69, 9.17) is 0 Å². The molecule has 1 aliphatic rings. The summed E-state index contributed by atoms with van der Waals surface area (Å²) in [7, 11) is 1.88. The van der Waals surface area contributed by atoms with Gasteiger partial charge in [0.15, 0.2) is 0 Å². The van der Waals surface area contributed by atoms with Gasteiger partial charge < -0.3 is 10.6 Å². The molecule has 1 atom stereocenters. The molecule has 0 aromatic heterocycles. The predicted molar refractivity (Wildman–Crippen MR) is 83.3 cm³/mol. The van der Waals surface area contributed by atoms with Gasteiger partial charge in [-0.2, -0.15) is 0 Å².